The first-order valence-corrected chi connectivity index (χ1v) is 5.96. The summed E-state index contributed by atoms with van der Waals surface area (Å²) in [5, 5.41) is 7.02. The first kappa shape index (κ1) is 12.4. The van der Waals surface area contributed by atoms with E-state index in [-0.39, 0.29) is 11.9 Å². The SMILES string of the molecule is CC(C)NC(=O)c1cccc(-c2cnn(C)c2)c1. The van der Waals surface area contributed by atoms with Crippen LogP contribution >= 0.6 is 0 Å². The number of aryl methyl sites for hydroxylation is 1. The Bertz CT molecular complexity index is 558. The molecule has 4 nitrogen and oxygen atoms in total. The minimum atomic E-state index is -0.0456. The molecule has 0 atom stereocenters. The van der Waals surface area contributed by atoms with E-state index < -0.39 is 0 Å². The minimum absolute atomic E-state index is 0.0456. The van der Waals surface area contributed by atoms with Gasteiger partial charge in [0, 0.05) is 30.4 Å². The summed E-state index contributed by atoms with van der Waals surface area (Å²) in [5.41, 5.74) is 2.68. The third-order valence-electron chi connectivity index (χ3n) is 2.58. The monoisotopic (exact) mass is 243 g/mol. The van der Waals surface area contributed by atoms with Gasteiger partial charge in [0.1, 0.15) is 0 Å². The summed E-state index contributed by atoms with van der Waals surface area (Å²) in [6.45, 7) is 3.89. The largest absolute Gasteiger partial charge is 0.350 e. The standard InChI is InChI=1S/C14H17N3O/c1-10(2)16-14(18)12-6-4-5-11(7-12)13-8-15-17(3)9-13/h4-10H,1-3H3,(H,16,18). The van der Waals surface area contributed by atoms with E-state index >= 15 is 0 Å². The normalized spacial score (nSPS) is 10.7. The van der Waals surface area contributed by atoms with Crippen LogP contribution in [0, 0.1) is 0 Å². The lowest BCUT2D eigenvalue weighted by Gasteiger charge is -2.08. The van der Waals surface area contributed by atoms with Gasteiger partial charge in [0.2, 0.25) is 0 Å². The van der Waals surface area contributed by atoms with Crippen LogP contribution in [-0.2, 0) is 7.05 Å². The highest BCUT2D eigenvalue weighted by atomic mass is 16.1. The maximum atomic E-state index is 11.9. The van der Waals surface area contributed by atoms with Crippen molar-refractivity contribution < 1.29 is 4.79 Å². The van der Waals surface area contributed by atoms with Crippen molar-refractivity contribution in [3.8, 4) is 11.1 Å². The molecule has 94 valence electrons. The average Bonchev–Trinajstić information content (AvgIpc) is 2.75. The first-order valence-electron chi connectivity index (χ1n) is 5.96. The molecule has 0 radical (unpaired) electrons. The van der Waals surface area contributed by atoms with Gasteiger partial charge < -0.3 is 5.32 Å². The van der Waals surface area contributed by atoms with E-state index in [1.165, 1.54) is 0 Å². The molecule has 1 amide bonds. The van der Waals surface area contributed by atoms with E-state index in [1.807, 2.05) is 51.4 Å². The van der Waals surface area contributed by atoms with E-state index in [0.29, 0.717) is 5.56 Å². The first-order chi connectivity index (χ1) is 8.56. The van der Waals surface area contributed by atoms with Crippen LogP contribution in [0.15, 0.2) is 36.7 Å². The van der Waals surface area contributed by atoms with Crippen molar-refractivity contribution in [2.75, 3.05) is 0 Å². The lowest BCUT2D eigenvalue weighted by molar-refractivity contribution is 0.0943. The molecule has 0 spiro atoms. The van der Waals surface area contributed by atoms with Gasteiger partial charge in [-0.1, -0.05) is 12.1 Å². The molecule has 18 heavy (non-hydrogen) atoms. The quantitative estimate of drug-likeness (QED) is 0.898. The molecule has 1 aromatic carbocycles. The van der Waals surface area contributed by atoms with E-state index in [0.717, 1.165) is 11.1 Å². The van der Waals surface area contributed by atoms with Crippen LogP contribution in [0.4, 0.5) is 0 Å². The summed E-state index contributed by atoms with van der Waals surface area (Å²) in [6.07, 6.45) is 3.72. The van der Waals surface area contributed by atoms with Gasteiger partial charge in [-0.15, -0.1) is 0 Å². The molecule has 1 heterocycles. The molecule has 1 aromatic heterocycles. The number of hydrogen-bond acceptors (Lipinski definition) is 2. The molecule has 1 N–H and O–H groups in total. The predicted molar refractivity (Wildman–Crippen MR) is 71.2 cm³/mol. The van der Waals surface area contributed by atoms with Crippen LogP contribution in [0.2, 0.25) is 0 Å². The van der Waals surface area contributed by atoms with Crippen LogP contribution in [0.3, 0.4) is 0 Å². The molecule has 0 saturated heterocycles. The van der Waals surface area contributed by atoms with Crippen molar-refractivity contribution in [1.29, 1.82) is 0 Å². The molecule has 0 fully saturated rings. The van der Waals surface area contributed by atoms with Crippen molar-refractivity contribution in [2.45, 2.75) is 19.9 Å². The smallest absolute Gasteiger partial charge is 0.251 e. The van der Waals surface area contributed by atoms with Gasteiger partial charge in [-0.05, 0) is 31.5 Å². The second kappa shape index (κ2) is 5.04. The molecule has 0 aliphatic rings. The molecule has 4 heteroatoms. The van der Waals surface area contributed by atoms with Gasteiger partial charge in [-0.2, -0.15) is 5.10 Å². The molecular weight excluding hydrogens is 226 g/mol. The van der Waals surface area contributed by atoms with E-state index in [1.54, 1.807) is 10.9 Å². The number of benzene rings is 1. The Hall–Kier alpha value is -2.10. The second-order valence-corrected chi connectivity index (χ2v) is 4.61. The third-order valence-corrected chi connectivity index (χ3v) is 2.58. The van der Waals surface area contributed by atoms with E-state index in [2.05, 4.69) is 10.4 Å². The highest BCUT2D eigenvalue weighted by molar-refractivity contribution is 5.95. The number of rotatable bonds is 3. The fourth-order valence-electron chi connectivity index (χ4n) is 1.76. The van der Waals surface area contributed by atoms with Crippen LogP contribution in [-0.4, -0.2) is 21.7 Å². The Labute approximate surface area is 107 Å². The topological polar surface area (TPSA) is 46.9 Å². The van der Waals surface area contributed by atoms with Crippen molar-refractivity contribution in [3.05, 3.63) is 42.2 Å². The lowest BCUT2D eigenvalue weighted by atomic mass is 10.1. The maximum absolute atomic E-state index is 11.9. The molecule has 0 bridgehead atoms. The Morgan fingerprint density at radius 1 is 1.33 bits per heavy atom. The van der Waals surface area contributed by atoms with E-state index in [4.69, 9.17) is 0 Å². The zero-order chi connectivity index (χ0) is 13.1. The average molecular weight is 243 g/mol. The summed E-state index contributed by atoms with van der Waals surface area (Å²) in [5.74, 6) is -0.0456. The van der Waals surface area contributed by atoms with Gasteiger partial charge in [0.05, 0.1) is 6.20 Å². The molecule has 2 aromatic rings. The fourth-order valence-corrected chi connectivity index (χ4v) is 1.76. The van der Waals surface area contributed by atoms with E-state index in [9.17, 15) is 4.79 Å². The molecular formula is C14H17N3O. The van der Waals surface area contributed by atoms with Crippen molar-refractivity contribution in [2.24, 2.45) is 7.05 Å². The van der Waals surface area contributed by atoms with Crippen molar-refractivity contribution in [1.82, 2.24) is 15.1 Å². The Morgan fingerprint density at radius 2 is 2.11 bits per heavy atom. The predicted octanol–water partition coefficient (Wildman–Crippen LogP) is 2.23. The van der Waals surface area contributed by atoms with Crippen LogP contribution in [0.25, 0.3) is 11.1 Å². The van der Waals surface area contributed by atoms with Crippen LogP contribution in [0.5, 0.6) is 0 Å². The molecule has 0 saturated carbocycles. The third kappa shape index (κ3) is 2.77. The van der Waals surface area contributed by atoms with Gasteiger partial charge in [0.15, 0.2) is 0 Å². The number of carbonyl (C=O) groups excluding carboxylic acids is 1. The molecule has 0 aliphatic heterocycles. The lowest BCUT2D eigenvalue weighted by Crippen LogP contribution is -2.30. The number of nitrogens with one attached hydrogen (secondary N) is 1. The number of aromatic nitrogens is 2. The highest BCUT2D eigenvalue weighted by Crippen LogP contribution is 2.19. The Morgan fingerprint density at radius 3 is 2.72 bits per heavy atom. The number of amides is 1. The van der Waals surface area contributed by atoms with Gasteiger partial charge in [-0.25, -0.2) is 0 Å². The van der Waals surface area contributed by atoms with Crippen LogP contribution in [0.1, 0.15) is 24.2 Å². The number of carbonyl (C=O) groups is 1. The number of nitrogens with zero attached hydrogens (tertiary/aromatic N) is 2. The summed E-state index contributed by atoms with van der Waals surface area (Å²) in [4.78, 5) is 11.9. The summed E-state index contributed by atoms with van der Waals surface area (Å²) < 4.78 is 1.75. The zero-order valence-corrected chi connectivity index (χ0v) is 10.8. The Kier molecular flexibility index (Phi) is 3.46. The molecule has 0 unspecified atom stereocenters. The van der Waals surface area contributed by atoms with Gasteiger partial charge in [-0.3, -0.25) is 9.48 Å². The maximum Gasteiger partial charge on any atom is 0.251 e. The summed E-state index contributed by atoms with van der Waals surface area (Å²) in [6, 6.07) is 7.70. The second-order valence-electron chi connectivity index (χ2n) is 4.61. The molecule has 2 rings (SSSR count). The van der Waals surface area contributed by atoms with Gasteiger partial charge >= 0.3 is 0 Å². The summed E-state index contributed by atoms with van der Waals surface area (Å²) >= 11 is 0. The highest BCUT2D eigenvalue weighted by Gasteiger charge is 2.08. The minimum Gasteiger partial charge on any atom is -0.350 e. The fraction of sp³-hybridized carbons (Fsp3) is 0.286. The zero-order valence-electron chi connectivity index (χ0n) is 10.8. The van der Waals surface area contributed by atoms with Crippen molar-refractivity contribution >= 4 is 5.91 Å². The molecule has 0 aliphatic carbocycles. The van der Waals surface area contributed by atoms with Crippen LogP contribution < -0.4 is 5.32 Å². The van der Waals surface area contributed by atoms with Crippen molar-refractivity contribution in [3.63, 3.8) is 0 Å². The number of hydrogen-bond donors (Lipinski definition) is 1. The summed E-state index contributed by atoms with van der Waals surface area (Å²) in [7, 11) is 1.87. The Balaban J connectivity index is 2.28. The van der Waals surface area contributed by atoms with Gasteiger partial charge in [0.25, 0.3) is 5.91 Å².